The van der Waals surface area contributed by atoms with Crippen LogP contribution in [0.15, 0.2) is 23.3 Å². The fraction of sp³-hybridized carbons (Fsp3) is 0.750. The van der Waals surface area contributed by atoms with E-state index in [4.69, 9.17) is 9.47 Å². The van der Waals surface area contributed by atoms with Crippen molar-refractivity contribution in [1.29, 1.82) is 5.26 Å². The van der Waals surface area contributed by atoms with Crippen LogP contribution in [0.5, 0.6) is 0 Å². The molecule has 0 aromatic carbocycles. The molecule has 0 radical (unpaired) electrons. The summed E-state index contributed by atoms with van der Waals surface area (Å²) in [6.45, 7) is 17.9. The summed E-state index contributed by atoms with van der Waals surface area (Å²) in [7, 11) is 1.46. The van der Waals surface area contributed by atoms with E-state index in [0.29, 0.717) is 25.7 Å². The summed E-state index contributed by atoms with van der Waals surface area (Å²) in [5.41, 5.74) is -3.68. The third-order valence-corrected chi connectivity index (χ3v) is 12.9. The van der Waals surface area contributed by atoms with Gasteiger partial charge >= 0.3 is 12.1 Å². The van der Waals surface area contributed by atoms with Crippen LogP contribution in [0.25, 0.3) is 0 Å². The Morgan fingerprint density at radius 2 is 1.64 bits per heavy atom. The van der Waals surface area contributed by atoms with E-state index in [2.05, 4.69) is 39.1 Å². The van der Waals surface area contributed by atoms with Crippen LogP contribution in [-0.2, 0) is 23.9 Å². The number of methoxy groups -OCH3 is 1. The van der Waals surface area contributed by atoms with Gasteiger partial charge in [-0.1, -0.05) is 46.3 Å². The second-order valence-electron chi connectivity index (χ2n) is 17.0. The minimum Gasteiger partial charge on any atom is -0.469 e. The number of carbonyl (C=O) groups excluding carboxylic acids is 4. The second-order valence-corrected chi connectivity index (χ2v) is 17.0. The van der Waals surface area contributed by atoms with Crippen molar-refractivity contribution in [3.8, 4) is 6.07 Å². The molecule has 0 heterocycles. The summed E-state index contributed by atoms with van der Waals surface area (Å²) in [6, 6.07) is 2.10. The normalized spacial score (nSPS) is 42.6. The fourth-order valence-corrected chi connectivity index (χ4v) is 10.6. The molecule has 0 spiro atoms. The zero-order valence-electron chi connectivity index (χ0n) is 28.2. The van der Waals surface area contributed by atoms with Gasteiger partial charge in [0.25, 0.3) is 0 Å². The molecule has 5 aliphatic rings. The lowest BCUT2D eigenvalue weighted by atomic mass is 9.34. The molecule has 0 bridgehead atoms. The first-order valence-corrected chi connectivity index (χ1v) is 16.2. The van der Waals surface area contributed by atoms with Crippen molar-refractivity contribution < 1.29 is 28.7 Å². The number of hydrogen-bond donors (Lipinski definition) is 1. The number of allylic oxidation sites excluding steroid dienone is 3. The molecule has 0 aromatic heterocycles. The lowest BCUT2D eigenvalue weighted by Crippen LogP contribution is -2.69. The van der Waals surface area contributed by atoms with Crippen LogP contribution in [0.2, 0.25) is 0 Å². The number of nitriles is 1. The third kappa shape index (κ3) is 4.35. The highest BCUT2D eigenvalue weighted by atomic mass is 16.6. The monoisotopic (exact) mass is 606 g/mol. The quantitative estimate of drug-likeness (QED) is 0.350. The van der Waals surface area contributed by atoms with Gasteiger partial charge in [-0.2, -0.15) is 5.26 Å². The first-order valence-electron chi connectivity index (χ1n) is 16.2. The topological polar surface area (TPSA) is 123 Å². The van der Waals surface area contributed by atoms with Crippen molar-refractivity contribution in [2.75, 3.05) is 7.11 Å². The van der Waals surface area contributed by atoms with Crippen molar-refractivity contribution in [2.24, 2.45) is 44.8 Å². The predicted molar refractivity (Wildman–Crippen MR) is 165 cm³/mol. The number of ketones is 2. The first kappa shape index (κ1) is 32.4. The zero-order valence-corrected chi connectivity index (χ0v) is 28.2. The number of carbonyl (C=O) groups is 4. The average Bonchev–Trinajstić information content (AvgIpc) is 2.90. The maximum Gasteiger partial charge on any atom is 0.408 e. The van der Waals surface area contributed by atoms with Gasteiger partial charge in [-0.15, -0.1) is 0 Å². The predicted octanol–water partition coefficient (Wildman–Crippen LogP) is 6.64. The Balaban J connectivity index is 1.65. The Morgan fingerprint density at radius 3 is 2.23 bits per heavy atom. The second kappa shape index (κ2) is 9.77. The smallest absolute Gasteiger partial charge is 0.408 e. The highest BCUT2D eigenvalue weighted by Crippen LogP contribution is 2.74. The zero-order chi connectivity index (χ0) is 32.9. The van der Waals surface area contributed by atoms with Gasteiger partial charge in [0.05, 0.1) is 18.1 Å². The van der Waals surface area contributed by atoms with Crippen LogP contribution in [-0.4, -0.2) is 41.9 Å². The number of nitrogens with zero attached hydrogens (tertiary/aromatic N) is 1. The van der Waals surface area contributed by atoms with E-state index < -0.39 is 50.6 Å². The molecule has 0 aliphatic heterocycles. The molecule has 3 saturated carbocycles. The van der Waals surface area contributed by atoms with Gasteiger partial charge in [0, 0.05) is 17.3 Å². The van der Waals surface area contributed by atoms with Crippen LogP contribution in [0.3, 0.4) is 0 Å². The van der Waals surface area contributed by atoms with Gasteiger partial charge < -0.3 is 14.8 Å². The molecule has 1 N–H and O–H groups in total. The Bertz CT molecular complexity index is 1430. The van der Waals surface area contributed by atoms with Crippen LogP contribution >= 0.6 is 0 Å². The van der Waals surface area contributed by atoms with E-state index in [1.807, 2.05) is 6.92 Å². The van der Waals surface area contributed by atoms with E-state index in [0.717, 1.165) is 24.8 Å². The van der Waals surface area contributed by atoms with E-state index in [1.165, 1.54) is 7.11 Å². The summed E-state index contributed by atoms with van der Waals surface area (Å²) in [5, 5.41) is 13.0. The van der Waals surface area contributed by atoms with Gasteiger partial charge in [-0.05, 0) is 101 Å². The Hall–Kier alpha value is -2.95. The minimum absolute atomic E-state index is 0.00142. The molecule has 5 rings (SSSR count). The van der Waals surface area contributed by atoms with Crippen molar-refractivity contribution >= 4 is 23.6 Å². The summed E-state index contributed by atoms with van der Waals surface area (Å²) in [4.78, 5) is 55.0. The Morgan fingerprint density at radius 1 is 1.00 bits per heavy atom. The van der Waals surface area contributed by atoms with Gasteiger partial charge in [-0.25, -0.2) is 4.79 Å². The maximum atomic E-state index is 14.6. The highest BCUT2D eigenvalue weighted by Gasteiger charge is 2.71. The molecule has 8 heteroatoms. The van der Waals surface area contributed by atoms with Crippen molar-refractivity contribution in [1.82, 2.24) is 5.32 Å². The van der Waals surface area contributed by atoms with Crippen LogP contribution in [0, 0.1) is 56.2 Å². The SMILES string of the molecule is COC(=O)[C@]12CCC(C)(C)CC1C1C(=O)C=C3[C@@]4(C)C=C(C#N)C(=O)[C@@](C)(NC(=O)OC(C)(C)C)C4CC[C@@]3(C)[C@]1(C)CC2. The number of fused-ring (bicyclic) bond motifs is 7. The number of rotatable bonds is 2. The summed E-state index contributed by atoms with van der Waals surface area (Å²) in [6.07, 6.45) is 7.91. The molecule has 44 heavy (non-hydrogen) atoms. The van der Waals surface area contributed by atoms with Crippen molar-refractivity contribution in [2.45, 2.75) is 118 Å². The fourth-order valence-electron chi connectivity index (χ4n) is 10.6. The number of nitrogens with one attached hydrogen (secondary N) is 1. The van der Waals surface area contributed by atoms with E-state index in [1.54, 1.807) is 39.8 Å². The van der Waals surface area contributed by atoms with Crippen LogP contribution in [0.1, 0.15) is 107 Å². The summed E-state index contributed by atoms with van der Waals surface area (Å²) in [5.74, 6) is -1.50. The minimum atomic E-state index is -1.40. The first-order chi connectivity index (χ1) is 20.1. The van der Waals surface area contributed by atoms with Gasteiger partial charge in [0.2, 0.25) is 0 Å². The van der Waals surface area contributed by atoms with Crippen LogP contribution in [0.4, 0.5) is 4.79 Å². The standard InChI is InChI=1S/C36H50N2O6/c1-30(2,3)44-29(42)38-35(9)24-11-12-33(7)25(32(24,6)18-21(20-37)27(35)40)17-23(39)26-22-19-31(4,5)13-15-36(22,28(41)43-10)16-14-34(26,33)8/h17-18,22,24,26H,11-16,19H2,1-10H3,(H,38,42)/t22?,24?,26?,32-,33+,34+,35-,36-/m0/s1. The molecular formula is C36H50N2O6. The molecule has 240 valence electrons. The van der Waals surface area contributed by atoms with Crippen molar-refractivity contribution in [3.63, 3.8) is 0 Å². The number of esters is 1. The lowest BCUT2D eigenvalue weighted by molar-refractivity contribution is -0.190. The number of alkyl carbamates (subject to hydrolysis) is 1. The van der Waals surface area contributed by atoms with Gasteiger partial charge in [-0.3, -0.25) is 14.4 Å². The lowest BCUT2D eigenvalue weighted by Gasteiger charge is -2.68. The van der Waals surface area contributed by atoms with E-state index in [9.17, 15) is 24.4 Å². The molecule has 8 nitrogen and oxygen atoms in total. The molecule has 1 amide bonds. The number of ether oxygens (including phenoxy) is 2. The Labute approximate surface area is 262 Å². The summed E-state index contributed by atoms with van der Waals surface area (Å²) >= 11 is 0. The number of Topliss-reactive ketones (excluding diaryl/α,β-unsaturated/α-hetero) is 1. The average molecular weight is 607 g/mol. The van der Waals surface area contributed by atoms with Crippen molar-refractivity contribution in [3.05, 3.63) is 23.3 Å². The molecule has 3 unspecified atom stereocenters. The molecule has 0 saturated heterocycles. The van der Waals surface area contributed by atoms with Gasteiger partial charge in [0.1, 0.15) is 17.2 Å². The van der Waals surface area contributed by atoms with Crippen LogP contribution < -0.4 is 5.32 Å². The molecule has 8 atom stereocenters. The molecule has 5 aliphatic carbocycles. The number of amides is 1. The molecular weight excluding hydrogens is 556 g/mol. The largest absolute Gasteiger partial charge is 0.469 e. The maximum absolute atomic E-state index is 14.6. The van der Waals surface area contributed by atoms with E-state index >= 15 is 0 Å². The third-order valence-electron chi connectivity index (χ3n) is 12.9. The van der Waals surface area contributed by atoms with E-state index in [-0.39, 0.29) is 34.6 Å². The number of hydrogen-bond acceptors (Lipinski definition) is 7. The Kier molecular flexibility index (Phi) is 7.21. The van der Waals surface area contributed by atoms with Gasteiger partial charge in [0.15, 0.2) is 11.6 Å². The molecule has 0 aromatic rings. The highest BCUT2D eigenvalue weighted by molar-refractivity contribution is 6.08. The molecule has 3 fully saturated rings. The summed E-state index contributed by atoms with van der Waals surface area (Å²) < 4.78 is 11.0.